The fourth-order valence-electron chi connectivity index (χ4n) is 9.27. The Balaban J connectivity index is 0.960. The van der Waals surface area contributed by atoms with Crippen LogP contribution >= 0.6 is 0 Å². The molecule has 8 aliphatic rings. The predicted molar refractivity (Wildman–Crippen MR) is 123 cm³/mol. The van der Waals surface area contributed by atoms with Crippen molar-refractivity contribution in [3.05, 3.63) is 24.3 Å². The summed E-state index contributed by atoms with van der Waals surface area (Å²) in [6.07, 6.45) is 13.9. The first-order valence-electron chi connectivity index (χ1n) is 13.2. The van der Waals surface area contributed by atoms with Crippen LogP contribution in [-0.4, -0.2) is 36.4 Å². The molecular formula is C28H38O5. The number of esters is 2. The Morgan fingerprint density at radius 3 is 1.12 bits per heavy atom. The first-order chi connectivity index (χ1) is 15.8. The molecule has 0 aliphatic heterocycles. The van der Waals surface area contributed by atoms with Gasteiger partial charge in [0.25, 0.3) is 0 Å². The van der Waals surface area contributed by atoms with E-state index in [2.05, 4.69) is 13.2 Å². The van der Waals surface area contributed by atoms with Crippen molar-refractivity contribution in [1.82, 2.24) is 0 Å². The van der Waals surface area contributed by atoms with Gasteiger partial charge in [0.2, 0.25) is 0 Å². The molecule has 0 saturated heterocycles. The molecule has 8 aliphatic carbocycles. The van der Waals surface area contributed by atoms with Crippen molar-refractivity contribution in [2.45, 2.75) is 88.3 Å². The normalized spacial score (nSPS) is 44.0. The number of carbonyl (C=O) groups is 2. The Kier molecular flexibility index (Phi) is 5.28. The molecule has 0 aromatic rings. The molecule has 0 aromatic heterocycles. The molecule has 5 nitrogen and oxygen atoms in total. The van der Waals surface area contributed by atoms with Crippen LogP contribution in [-0.2, 0) is 23.8 Å². The molecule has 0 heterocycles. The molecule has 0 atom stereocenters. The van der Waals surface area contributed by atoms with E-state index in [4.69, 9.17) is 14.2 Å². The second-order valence-electron chi connectivity index (χ2n) is 12.7. The van der Waals surface area contributed by atoms with Crippen LogP contribution < -0.4 is 0 Å². The minimum atomic E-state index is -0.348. The van der Waals surface area contributed by atoms with Crippen LogP contribution in [0.1, 0.15) is 77.0 Å². The quantitative estimate of drug-likeness (QED) is 0.375. The van der Waals surface area contributed by atoms with Gasteiger partial charge in [-0.25, -0.2) is 9.59 Å². The summed E-state index contributed by atoms with van der Waals surface area (Å²) >= 11 is 0. The third kappa shape index (κ3) is 4.19. The van der Waals surface area contributed by atoms with Gasteiger partial charge in [0, 0.05) is 0 Å². The van der Waals surface area contributed by atoms with Crippen LogP contribution in [0.3, 0.4) is 0 Å². The standard InChI is InChI=1S/C28H38O5/c1-17(25(29)32-27-9-19-3-20(10-27)5-21(4-19)11-27)15-31-16-18(2)26(30)33-28-12-22-6-23(13-28)8-24(7-22)14-28/h19-24H,1-16H2. The highest BCUT2D eigenvalue weighted by Crippen LogP contribution is 2.58. The summed E-state index contributed by atoms with van der Waals surface area (Å²) in [5.74, 6) is 3.62. The summed E-state index contributed by atoms with van der Waals surface area (Å²) in [7, 11) is 0. The second kappa shape index (κ2) is 7.96. The molecule has 0 radical (unpaired) electrons. The monoisotopic (exact) mass is 454 g/mol. The van der Waals surface area contributed by atoms with Crippen molar-refractivity contribution in [2.75, 3.05) is 13.2 Å². The lowest BCUT2D eigenvalue weighted by atomic mass is 9.54. The topological polar surface area (TPSA) is 61.8 Å². The minimum Gasteiger partial charge on any atom is -0.456 e. The number of carbonyl (C=O) groups excluding carboxylic acids is 2. The Labute approximate surface area is 197 Å². The fraction of sp³-hybridized carbons (Fsp3) is 0.786. The predicted octanol–water partition coefficient (Wildman–Crippen LogP) is 5.14. The van der Waals surface area contributed by atoms with Gasteiger partial charge in [0.05, 0.1) is 24.4 Å². The Morgan fingerprint density at radius 2 is 0.848 bits per heavy atom. The molecule has 0 amide bonds. The SMILES string of the molecule is C=C(COCC(=C)C(=O)OC12CC3CC(CC(C3)C1)C2)C(=O)OC12CC3CC(CC(C3)C1)C2. The Bertz CT molecular complexity index is 729. The molecule has 0 aromatic carbocycles. The molecule has 0 unspecified atom stereocenters. The van der Waals surface area contributed by atoms with Gasteiger partial charge in [0.1, 0.15) is 11.2 Å². The molecule has 8 rings (SSSR count). The summed E-state index contributed by atoms with van der Waals surface area (Å²) in [5.41, 5.74) is 0.0704. The third-order valence-electron chi connectivity index (χ3n) is 9.71. The lowest BCUT2D eigenvalue weighted by molar-refractivity contribution is -0.183. The largest absolute Gasteiger partial charge is 0.456 e. The zero-order valence-electron chi connectivity index (χ0n) is 19.8. The van der Waals surface area contributed by atoms with E-state index in [0.717, 1.165) is 74.0 Å². The van der Waals surface area contributed by atoms with Crippen molar-refractivity contribution in [3.63, 3.8) is 0 Å². The molecule has 0 N–H and O–H groups in total. The average molecular weight is 455 g/mol. The van der Waals surface area contributed by atoms with Crippen molar-refractivity contribution in [3.8, 4) is 0 Å². The van der Waals surface area contributed by atoms with Gasteiger partial charge < -0.3 is 14.2 Å². The van der Waals surface area contributed by atoms with E-state index in [1.807, 2.05) is 0 Å². The summed E-state index contributed by atoms with van der Waals surface area (Å²) < 4.78 is 17.7. The molecule has 180 valence electrons. The lowest BCUT2D eigenvalue weighted by Gasteiger charge is -2.55. The zero-order chi connectivity index (χ0) is 22.8. The number of hydrogen-bond donors (Lipinski definition) is 0. The first kappa shape index (κ1) is 21.9. The first-order valence-corrected chi connectivity index (χ1v) is 13.2. The van der Waals surface area contributed by atoms with Gasteiger partial charge >= 0.3 is 11.9 Å². The van der Waals surface area contributed by atoms with Crippen LogP contribution in [0.15, 0.2) is 24.3 Å². The molecule has 8 saturated carbocycles. The highest BCUT2D eigenvalue weighted by molar-refractivity contribution is 5.89. The van der Waals surface area contributed by atoms with Crippen LogP contribution in [0.4, 0.5) is 0 Å². The number of hydrogen-bond acceptors (Lipinski definition) is 5. The van der Waals surface area contributed by atoms with Gasteiger partial charge in [-0.15, -0.1) is 0 Å². The van der Waals surface area contributed by atoms with Crippen molar-refractivity contribution >= 4 is 11.9 Å². The van der Waals surface area contributed by atoms with E-state index in [9.17, 15) is 9.59 Å². The van der Waals surface area contributed by atoms with E-state index >= 15 is 0 Å². The van der Waals surface area contributed by atoms with Crippen molar-refractivity contribution in [2.24, 2.45) is 35.5 Å². The molecule has 0 spiro atoms. The molecular weight excluding hydrogens is 416 g/mol. The highest BCUT2D eigenvalue weighted by atomic mass is 16.6. The molecule has 8 fully saturated rings. The summed E-state index contributed by atoms with van der Waals surface area (Å²) in [6, 6.07) is 0. The van der Waals surface area contributed by atoms with Gasteiger partial charge in [-0.3, -0.25) is 0 Å². The van der Waals surface area contributed by atoms with Gasteiger partial charge in [-0.2, -0.15) is 0 Å². The maximum atomic E-state index is 12.7. The van der Waals surface area contributed by atoms with Crippen LogP contribution in [0, 0.1) is 35.5 Å². The summed E-state index contributed by atoms with van der Waals surface area (Å²) in [4.78, 5) is 25.5. The maximum Gasteiger partial charge on any atom is 0.336 e. The smallest absolute Gasteiger partial charge is 0.336 e. The Morgan fingerprint density at radius 1 is 0.576 bits per heavy atom. The van der Waals surface area contributed by atoms with Crippen LogP contribution in [0.5, 0.6) is 0 Å². The van der Waals surface area contributed by atoms with Crippen molar-refractivity contribution < 1.29 is 23.8 Å². The van der Waals surface area contributed by atoms with E-state index in [-0.39, 0.29) is 36.4 Å². The summed E-state index contributed by atoms with van der Waals surface area (Å²) in [6.45, 7) is 7.89. The van der Waals surface area contributed by atoms with Gasteiger partial charge in [-0.05, 0) is 113 Å². The zero-order valence-corrected chi connectivity index (χ0v) is 19.8. The van der Waals surface area contributed by atoms with E-state index in [1.165, 1.54) is 38.5 Å². The summed E-state index contributed by atoms with van der Waals surface area (Å²) in [5, 5.41) is 0. The average Bonchev–Trinajstić information content (AvgIpc) is 2.70. The lowest BCUT2D eigenvalue weighted by Crippen LogP contribution is -2.53. The van der Waals surface area contributed by atoms with Gasteiger partial charge in [-0.1, -0.05) is 13.2 Å². The molecule has 5 heteroatoms. The van der Waals surface area contributed by atoms with Gasteiger partial charge in [0.15, 0.2) is 0 Å². The fourth-order valence-corrected chi connectivity index (χ4v) is 9.27. The highest BCUT2D eigenvalue weighted by Gasteiger charge is 2.54. The van der Waals surface area contributed by atoms with E-state index in [0.29, 0.717) is 11.1 Å². The van der Waals surface area contributed by atoms with Crippen LogP contribution in [0.2, 0.25) is 0 Å². The number of ether oxygens (including phenoxy) is 3. The Hall–Kier alpha value is -1.62. The number of rotatable bonds is 8. The van der Waals surface area contributed by atoms with E-state index < -0.39 is 0 Å². The minimum absolute atomic E-state index is 0.0505. The molecule has 33 heavy (non-hydrogen) atoms. The van der Waals surface area contributed by atoms with Crippen molar-refractivity contribution in [1.29, 1.82) is 0 Å². The molecule has 8 bridgehead atoms. The third-order valence-corrected chi connectivity index (χ3v) is 9.71. The van der Waals surface area contributed by atoms with Crippen LogP contribution in [0.25, 0.3) is 0 Å². The second-order valence-corrected chi connectivity index (χ2v) is 12.7. The maximum absolute atomic E-state index is 12.7. The van der Waals surface area contributed by atoms with E-state index in [1.54, 1.807) is 0 Å².